The molecule has 1 heterocycles. The molecule has 0 radical (unpaired) electrons. The van der Waals surface area contributed by atoms with Crippen LogP contribution >= 0.6 is 0 Å². The van der Waals surface area contributed by atoms with Gasteiger partial charge in [-0.15, -0.1) is 0 Å². The van der Waals surface area contributed by atoms with E-state index in [-0.39, 0.29) is 11.4 Å². The van der Waals surface area contributed by atoms with Gasteiger partial charge in [0.15, 0.2) is 0 Å². The van der Waals surface area contributed by atoms with E-state index in [4.69, 9.17) is 4.74 Å². The standard InChI is InChI=1S/C14H20N2O2/c1-16(10-12-6-3-4-9-15-12)11-14(7-5-8-14)13(17)18-2/h3-4,6,9H,5,7-8,10-11H2,1-2H3. The third kappa shape index (κ3) is 2.70. The van der Waals surface area contributed by atoms with Crippen molar-refractivity contribution in [3.8, 4) is 0 Å². The van der Waals surface area contributed by atoms with Crippen LogP contribution < -0.4 is 0 Å². The minimum absolute atomic E-state index is 0.0679. The molecule has 98 valence electrons. The first-order valence-electron chi connectivity index (χ1n) is 6.33. The fourth-order valence-electron chi connectivity index (χ4n) is 2.59. The zero-order valence-corrected chi connectivity index (χ0v) is 11.1. The van der Waals surface area contributed by atoms with E-state index in [2.05, 4.69) is 9.88 Å². The normalized spacial score (nSPS) is 17.3. The molecule has 1 aromatic heterocycles. The summed E-state index contributed by atoms with van der Waals surface area (Å²) < 4.78 is 4.93. The van der Waals surface area contributed by atoms with Crippen molar-refractivity contribution in [3.63, 3.8) is 0 Å². The highest BCUT2D eigenvalue weighted by Gasteiger charge is 2.45. The Kier molecular flexibility index (Phi) is 3.97. The summed E-state index contributed by atoms with van der Waals surface area (Å²) in [5.74, 6) is -0.0679. The van der Waals surface area contributed by atoms with Gasteiger partial charge in [0.25, 0.3) is 0 Å². The lowest BCUT2D eigenvalue weighted by Gasteiger charge is -2.41. The minimum atomic E-state index is -0.279. The van der Waals surface area contributed by atoms with Gasteiger partial charge in [0.1, 0.15) is 0 Å². The number of nitrogens with zero attached hydrogens (tertiary/aromatic N) is 2. The van der Waals surface area contributed by atoms with Crippen LogP contribution in [0, 0.1) is 5.41 Å². The number of esters is 1. The largest absolute Gasteiger partial charge is 0.469 e. The quantitative estimate of drug-likeness (QED) is 0.746. The Labute approximate surface area is 108 Å². The van der Waals surface area contributed by atoms with Crippen LogP contribution in [0.4, 0.5) is 0 Å². The van der Waals surface area contributed by atoms with Crippen LogP contribution in [0.1, 0.15) is 25.0 Å². The van der Waals surface area contributed by atoms with Gasteiger partial charge < -0.3 is 4.74 Å². The van der Waals surface area contributed by atoms with Crippen molar-refractivity contribution in [2.75, 3.05) is 20.7 Å². The lowest BCUT2D eigenvalue weighted by atomic mass is 9.68. The number of rotatable bonds is 5. The molecule has 0 amide bonds. The van der Waals surface area contributed by atoms with Crippen molar-refractivity contribution in [1.29, 1.82) is 0 Å². The van der Waals surface area contributed by atoms with Gasteiger partial charge in [-0.25, -0.2) is 0 Å². The van der Waals surface area contributed by atoms with Crippen LogP contribution in [-0.2, 0) is 16.1 Å². The predicted octanol–water partition coefficient (Wildman–Crippen LogP) is 1.86. The van der Waals surface area contributed by atoms with Crippen LogP contribution in [0.15, 0.2) is 24.4 Å². The van der Waals surface area contributed by atoms with E-state index in [1.54, 1.807) is 6.20 Å². The van der Waals surface area contributed by atoms with Gasteiger partial charge in [-0.3, -0.25) is 14.7 Å². The SMILES string of the molecule is COC(=O)C1(CN(C)Cc2ccccn2)CCC1. The molecule has 4 heteroatoms. The lowest BCUT2D eigenvalue weighted by Crippen LogP contribution is -2.47. The van der Waals surface area contributed by atoms with Gasteiger partial charge in [0.2, 0.25) is 0 Å². The van der Waals surface area contributed by atoms with E-state index in [1.807, 2.05) is 25.2 Å². The second-order valence-electron chi connectivity index (χ2n) is 5.12. The van der Waals surface area contributed by atoms with Gasteiger partial charge in [0.05, 0.1) is 18.2 Å². The molecule has 18 heavy (non-hydrogen) atoms. The van der Waals surface area contributed by atoms with Gasteiger partial charge in [0, 0.05) is 19.3 Å². The van der Waals surface area contributed by atoms with E-state index in [0.717, 1.165) is 38.0 Å². The second-order valence-corrected chi connectivity index (χ2v) is 5.12. The predicted molar refractivity (Wildman–Crippen MR) is 68.9 cm³/mol. The fourth-order valence-corrected chi connectivity index (χ4v) is 2.59. The highest BCUT2D eigenvalue weighted by Crippen LogP contribution is 2.42. The molecule has 2 rings (SSSR count). The Hall–Kier alpha value is -1.42. The van der Waals surface area contributed by atoms with Crippen molar-refractivity contribution in [1.82, 2.24) is 9.88 Å². The number of hydrogen-bond donors (Lipinski definition) is 0. The molecule has 0 bridgehead atoms. The fraction of sp³-hybridized carbons (Fsp3) is 0.571. The Morgan fingerprint density at radius 2 is 2.28 bits per heavy atom. The Morgan fingerprint density at radius 1 is 1.50 bits per heavy atom. The number of hydrogen-bond acceptors (Lipinski definition) is 4. The smallest absolute Gasteiger partial charge is 0.313 e. The van der Waals surface area contributed by atoms with Crippen LogP contribution in [0.3, 0.4) is 0 Å². The number of carbonyl (C=O) groups is 1. The number of carbonyl (C=O) groups excluding carboxylic acids is 1. The summed E-state index contributed by atoms with van der Waals surface area (Å²) in [5, 5.41) is 0. The molecule has 1 aromatic rings. The maximum Gasteiger partial charge on any atom is 0.313 e. The molecule has 1 aliphatic carbocycles. The van der Waals surface area contributed by atoms with Gasteiger partial charge >= 0.3 is 5.97 Å². The molecule has 1 fully saturated rings. The monoisotopic (exact) mass is 248 g/mol. The molecular formula is C14H20N2O2. The summed E-state index contributed by atoms with van der Waals surface area (Å²) in [7, 11) is 3.50. The molecule has 0 saturated heterocycles. The molecular weight excluding hydrogens is 228 g/mol. The number of methoxy groups -OCH3 is 1. The summed E-state index contributed by atoms with van der Waals surface area (Å²) in [4.78, 5) is 18.3. The van der Waals surface area contributed by atoms with Crippen molar-refractivity contribution >= 4 is 5.97 Å². The summed E-state index contributed by atoms with van der Waals surface area (Å²) in [6, 6.07) is 5.89. The molecule has 0 atom stereocenters. The Balaban J connectivity index is 1.94. The van der Waals surface area contributed by atoms with E-state index in [0.29, 0.717) is 0 Å². The highest BCUT2D eigenvalue weighted by atomic mass is 16.5. The Bertz CT molecular complexity index is 402. The summed E-state index contributed by atoms with van der Waals surface area (Å²) >= 11 is 0. The molecule has 1 saturated carbocycles. The molecule has 4 nitrogen and oxygen atoms in total. The van der Waals surface area contributed by atoms with Crippen LogP contribution in [0.2, 0.25) is 0 Å². The summed E-state index contributed by atoms with van der Waals surface area (Å²) in [6.45, 7) is 1.51. The van der Waals surface area contributed by atoms with Crippen LogP contribution in [-0.4, -0.2) is 36.6 Å². The molecule has 0 aromatic carbocycles. The molecule has 0 unspecified atom stereocenters. The first-order chi connectivity index (χ1) is 8.66. The molecule has 0 aliphatic heterocycles. The maximum atomic E-state index is 11.8. The van der Waals surface area contributed by atoms with E-state index >= 15 is 0 Å². The zero-order valence-electron chi connectivity index (χ0n) is 11.1. The van der Waals surface area contributed by atoms with E-state index in [9.17, 15) is 4.79 Å². The first-order valence-corrected chi connectivity index (χ1v) is 6.33. The van der Waals surface area contributed by atoms with Crippen molar-refractivity contribution in [3.05, 3.63) is 30.1 Å². The van der Waals surface area contributed by atoms with Crippen LogP contribution in [0.25, 0.3) is 0 Å². The second kappa shape index (κ2) is 5.48. The number of pyridine rings is 1. The van der Waals surface area contributed by atoms with Crippen molar-refractivity contribution in [2.24, 2.45) is 5.41 Å². The lowest BCUT2D eigenvalue weighted by molar-refractivity contribution is -0.160. The highest BCUT2D eigenvalue weighted by molar-refractivity contribution is 5.78. The number of ether oxygens (including phenoxy) is 1. The molecule has 0 N–H and O–H groups in total. The first kappa shape index (κ1) is 13.0. The maximum absolute atomic E-state index is 11.8. The molecule has 1 aliphatic rings. The van der Waals surface area contributed by atoms with Gasteiger partial charge in [-0.05, 0) is 32.0 Å². The third-order valence-corrected chi connectivity index (χ3v) is 3.66. The topological polar surface area (TPSA) is 42.4 Å². The van der Waals surface area contributed by atoms with Gasteiger partial charge in [-0.2, -0.15) is 0 Å². The van der Waals surface area contributed by atoms with Crippen molar-refractivity contribution < 1.29 is 9.53 Å². The third-order valence-electron chi connectivity index (χ3n) is 3.66. The van der Waals surface area contributed by atoms with Crippen molar-refractivity contribution in [2.45, 2.75) is 25.8 Å². The minimum Gasteiger partial charge on any atom is -0.469 e. The summed E-state index contributed by atoms with van der Waals surface area (Å²) in [5.41, 5.74) is 0.748. The van der Waals surface area contributed by atoms with E-state index < -0.39 is 0 Å². The van der Waals surface area contributed by atoms with E-state index in [1.165, 1.54) is 7.11 Å². The number of aromatic nitrogens is 1. The van der Waals surface area contributed by atoms with Gasteiger partial charge in [-0.1, -0.05) is 12.5 Å². The Morgan fingerprint density at radius 3 is 2.78 bits per heavy atom. The average Bonchev–Trinajstić information content (AvgIpc) is 2.34. The summed E-state index contributed by atoms with van der Waals surface area (Å²) in [6.07, 6.45) is 4.79. The van der Waals surface area contributed by atoms with Crippen LogP contribution in [0.5, 0.6) is 0 Å². The average molecular weight is 248 g/mol. The molecule has 0 spiro atoms. The zero-order chi connectivity index (χ0) is 13.0.